The highest BCUT2D eigenvalue weighted by atomic mass is 35.5. The molecule has 1 aromatic rings. The fourth-order valence-corrected chi connectivity index (χ4v) is 1.61. The molecule has 0 heterocycles. The Bertz CT molecular complexity index is 438. The Morgan fingerprint density at radius 2 is 2.11 bits per heavy atom. The zero-order valence-corrected chi connectivity index (χ0v) is 10.1. The first-order valence-electron chi connectivity index (χ1n) is 5.00. The monoisotopic (exact) mass is 282 g/mol. The summed E-state index contributed by atoms with van der Waals surface area (Å²) in [7, 11) is 0. The topological polar surface area (TPSA) is 35.5 Å². The van der Waals surface area contributed by atoms with Crippen LogP contribution in [0.5, 0.6) is 5.75 Å². The Labute approximate surface area is 106 Å². The molecule has 0 radical (unpaired) electrons. The Morgan fingerprint density at radius 1 is 1.44 bits per heavy atom. The number of benzene rings is 1. The van der Waals surface area contributed by atoms with E-state index in [1.54, 1.807) is 0 Å². The van der Waals surface area contributed by atoms with Crippen LogP contribution in [0, 0.1) is 5.82 Å². The highest BCUT2D eigenvalue weighted by Crippen LogP contribution is 2.28. The second-order valence-electron chi connectivity index (χ2n) is 3.13. The van der Waals surface area contributed by atoms with Gasteiger partial charge in [0.15, 0.2) is 0 Å². The molecule has 0 aliphatic heterocycles. The van der Waals surface area contributed by atoms with Crippen LogP contribution >= 0.6 is 11.6 Å². The lowest BCUT2D eigenvalue weighted by molar-refractivity contribution is -0.0505. The minimum Gasteiger partial charge on any atom is -0.462 e. The van der Waals surface area contributed by atoms with Crippen LogP contribution in [0.3, 0.4) is 0 Å². The van der Waals surface area contributed by atoms with Crippen LogP contribution in [0.4, 0.5) is 13.2 Å². The maximum Gasteiger partial charge on any atom is 0.387 e. The Kier molecular flexibility index (Phi) is 5.27. The van der Waals surface area contributed by atoms with Crippen molar-refractivity contribution in [2.45, 2.75) is 19.4 Å². The van der Waals surface area contributed by atoms with Gasteiger partial charge in [-0.15, -0.1) is 11.6 Å². The van der Waals surface area contributed by atoms with Gasteiger partial charge in [0.25, 0.3) is 0 Å². The van der Waals surface area contributed by atoms with E-state index >= 15 is 0 Å². The summed E-state index contributed by atoms with van der Waals surface area (Å²) in [5.74, 6) is -2.56. The van der Waals surface area contributed by atoms with Crippen LogP contribution in [0.25, 0.3) is 0 Å². The van der Waals surface area contributed by atoms with E-state index in [-0.39, 0.29) is 18.1 Å². The van der Waals surface area contributed by atoms with Crippen LogP contribution in [-0.2, 0) is 10.6 Å². The zero-order chi connectivity index (χ0) is 13.7. The first kappa shape index (κ1) is 14.6. The summed E-state index contributed by atoms with van der Waals surface area (Å²) in [6.07, 6.45) is 0. The van der Waals surface area contributed by atoms with Gasteiger partial charge in [-0.3, -0.25) is 0 Å². The van der Waals surface area contributed by atoms with Crippen LogP contribution in [-0.4, -0.2) is 19.2 Å². The number of alkyl halides is 3. The molecule has 100 valence electrons. The molecule has 0 atom stereocenters. The number of carbonyl (C=O) groups excluding carboxylic acids is 1. The van der Waals surface area contributed by atoms with Crippen molar-refractivity contribution in [3.8, 4) is 5.75 Å². The van der Waals surface area contributed by atoms with E-state index in [2.05, 4.69) is 9.47 Å². The van der Waals surface area contributed by atoms with Crippen molar-refractivity contribution in [1.82, 2.24) is 0 Å². The molecule has 0 bridgehead atoms. The molecule has 7 heteroatoms. The normalized spacial score (nSPS) is 10.6. The maximum atomic E-state index is 13.4. The van der Waals surface area contributed by atoms with Crippen molar-refractivity contribution in [3.63, 3.8) is 0 Å². The number of carbonyl (C=O) groups is 1. The van der Waals surface area contributed by atoms with Crippen LogP contribution in [0.1, 0.15) is 22.8 Å². The number of ether oxygens (including phenoxy) is 2. The van der Waals surface area contributed by atoms with Gasteiger partial charge in [0.2, 0.25) is 0 Å². The first-order chi connectivity index (χ1) is 8.51. The highest BCUT2D eigenvalue weighted by molar-refractivity contribution is 6.17. The molecule has 0 fully saturated rings. The molecule has 0 unspecified atom stereocenters. The average molecular weight is 283 g/mol. The average Bonchev–Trinajstić information content (AvgIpc) is 2.30. The van der Waals surface area contributed by atoms with Crippen LogP contribution < -0.4 is 4.74 Å². The lowest BCUT2D eigenvalue weighted by atomic mass is 10.1. The lowest BCUT2D eigenvalue weighted by Crippen LogP contribution is -2.14. The van der Waals surface area contributed by atoms with E-state index in [0.29, 0.717) is 0 Å². The molecule has 18 heavy (non-hydrogen) atoms. The summed E-state index contributed by atoms with van der Waals surface area (Å²) in [6.45, 7) is -1.58. The fourth-order valence-electron chi connectivity index (χ4n) is 1.35. The molecule has 0 saturated heterocycles. The number of halogens is 4. The van der Waals surface area contributed by atoms with E-state index in [0.717, 1.165) is 12.1 Å². The van der Waals surface area contributed by atoms with Gasteiger partial charge in [-0.05, 0) is 19.1 Å². The zero-order valence-electron chi connectivity index (χ0n) is 9.38. The molecule has 0 spiro atoms. The molecular weight excluding hydrogens is 273 g/mol. The van der Waals surface area contributed by atoms with E-state index in [1.165, 1.54) is 6.92 Å². The molecule has 0 aromatic heterocycles. The van der Waals surface area contributed by atoms with Gasteiger partial charge in [0, 0.05) is 5.56 Å². The summed E-state index contributed by atoms with van der Waals surface area (Å²) in [5, 5.41) is 0. The van der Waals surface area contributed by atoms with Gasteiger partial charge < -0.3 is 9.47 Å². The van der Waals surface area contributed by atoms with Crippen molar-refractivity contribution in [3.05, 3.63) is 29.1 Å². The smallest absolute Gasteiger partial charge is 0.387 e. The molecule has 3 nitrogen and oxygen atoms in total. The van der Waals surface area contributed by atoms with Gasteiger partial charge in [0.05, 0.1) is 12.5 Å². The number of hydrogen-bond acceptors (Lipinski definition) is 3. The molecule has 0 aliphatic carbocycles. The van der Waals surface area contributed by atoms with Gasteiger partial charge in [-0.2, -0.15) is 8.78 Å². The summed E-state index contributed by atoms with van der Waals surface area (Å²) < 4.78 is 46.6. The third kappa shape index (κ3) is 3.29. The highest BCUT2D eigenvalue weighted by Gasteiger charge is 2.23. The second-order valence-corrected chi connectivity index (χ2v) is 3.40. The minimum absolute atomic E-state index is 0.0190. The summed E-state index contributed by atoms with van der Waals surface area (Å²) in [6, 6.07) is 1.84. The molecule has 0 amide bonds. The van der Waals surface area contributed by atoms with Crippen molar-refractivity contribution in [2.75, 3.05) is 6.61 Å². The van der Waals surface area contributed by atoms with E-state index < -0.39 is 29.7 Å². The SMILES string of the molecule is CCOC(=O)c1c(OC(F)F)ccc(F)c1CCl. The Morgan fingerprint density at radius 3 is 2.61 bits per heavy atom. The summed E-state index contributed by atoms with van der Waals surface area (Å²) >= 11 is 5.50. The maximum absolute atomic E-state index is 13.4. The fraction of sp³-hybridized carbons (Fsp3) is 0.364. The third-order valence-electron chi connectivity index (χ3n) is 2.05. The number of hydrogen-bond donors (Lipinski definition) is 0. The van der Waals surface area contributed by atoms with Crippen molar-refractivity contribution < 1.29 is 27.4 Å². The van der Waals surface area contributed by atoms with Gasteiger partial charge >= 0.3 is 12.6 Å². The predicted octanol–water partition coefficient (Wildman–Crippen LogP) is 3.34. The van der Waals surface area contributed by atoms with Crippen LogP contribution in [0.15, 0.2) is 12.1 Å². The molecule has 1 aromatic carbocycles. The van der Waals surface area contributed by atoms with Gasteiger partial charge in [0.1, 0.15) is 17.1 Å². The number of rotatable bonds is 5. The summed E-state index contributed by atoms with van der Waals surface area (Å²) in [5.41, 5.74) is -0.639. The molecule has 0 N–H and O–H groups in total. The second kappa shape index (κ2) is 6.49. The van der Waals surface area contributed by atoms with Gasteiger partial charge in [-0.25, -0.2) is 9.18 Å². The Hall–Kier alpha value is -1.43. The molecule has 1 rings (SSSR count). The first-order valence-corrected chi connectivity index (χ1v) is 5.54. The number of esters is 1. The summed E-state index contributed by atoms with van der Waals surface area (Å²) in [4.78, 5) is 11.6. The lowest BCUT2D eigenvalue weighted by Gasteiger charge is -2.13. The molecule has 0 saturated carbocycles. The largest absolute Gasteiger partial charge is 0.462 e. The van der Waals surface area contributed by atoms with Crippen molar-refractivity contribution >= 4 is 17.6 Å². The third-order valence-corrected chi connectivity index (χ3v) is 2.31. The quantitative estimate of drug-likeness (QED) is 0.614. The van der Waals surface area contributed by atoms with E-state index in [1.807, 2.05) is 0 Å². The molecular formula is C11H10ClF3O3. The van der Waals surface area contributed by atoms with Crippen molar-refractivity contribution in [1.29, 1.82) is 0 Å². The van der Waals surface area contributed by atoms with Crippen LogP contribution in [0.2, 0.25) is 0 Å². The Balaban J connectivity index is 3.29. The van der Waals surface area contributed by atoms with Crippen molar-refractivity contribution in [2.24, 2.45) is 0 Å². The standard InChI is InChI=1S/C11H10ClF3O3/c1-2-17-10(16)9-6(5-12)7(13)3-4-8(9)18-11(14)15/h3-4,11H,2,5H2,1H3. The molecule has 0 aliphatic rings. The van der Waals surface area contributed by atoms with E-state index in [9.17, 15) is 18.0 Å². The minimum atomic E-state index is -3.13. The predicted molar refractivity (Wildman–Crippen MR) is 58.5 cm³/mol. The van der Waals surface area contributed by atoms with Gasteiger partial charge in [-0.1, -0.05) is 0 Å². The van der Waals surface area contributed by atoms with E-state index in [4.69, 9.17) is 11.6 Å².